The van der Waals surface area contributed by atoms with Crippen LogP contribution in [0.2, 0.25) is 0 Å². The third-order valence-corrected chi connectivity index (χ3v) is 3.31. The number of oxazole rings is 1. The Hall–Kier alpha value is -1.81. The summed E-state index contributed by atoms with van der Waals surface area (Å²) in [7, 11) is 1.65. The van der Waals surface area contributed by atoms with Gasteiger partial charge in [0.25, 0.3) is 0 Å². The minimum absolute atomic E-state index is 0.202. The third-order valence-electron chi connectivity index (χ3n) is 3.31. The number of para-hydroxylation sites is 1. The minimum Gasteiger partial charge on any atom is -0.496 e. The normalized spacial score (nSPS) is 18.4. The van der Waals surface area contributed by atoms with Crippen LogP contribution in [-0.4, -0.2) is 18.1 Å². The van der Waals surface area contributed by atoms with E-state index in [9.17, 15) is 0 Å². The second-order valence-corrected chi connectivity index (χ2v) is 4.59. The molecule has 0 radical (unpaired) electrons. The summed E-state index contributed by atoms with van der Waals surface area (Å²) < 4.78 is 11.2. The monoisotopic (exact) mass is 244 g/mol. The maximum absolute atomic E-state index is 5.95. The molecule has 1 aromatic heterocycles. The van der Waals surface area contributed by atoms with E-state index in [1.165, 1.54) is 0 Å². The Kier molecular flexibility index (Phi) is 2.80. The van der Waals surface area contributed by atoms with E-state index < -0.39 is 0 Å². The molecule has 0 aliphatic heterocycles. The number of aryl methyl sites for hydroxylation is 1. The number of nitrogens with zero attached hydrogens (tertiary/aromatic N) is 1. The van der Waals surface area contributed by atoms with Gasteiger partial charge in [0, 0.05) is 18.9 Å². The molecule has 0 spiro atoms. The van der Waals surface area contributed by atoms with E-state index in [4.69, 9.17) is 14.9 Å². The SMILES string of the molecule is COc1ccccc1-c1nc2c(o1)CCC(N)C2. The first kappa shape index (κ1) is 11.3. The van der Waals surface area contributed by atoms with Crippen LogP contribution in [0.3, 0.4) is 0 Å². The lowest BCUT2D eigenvalue weighted by atomic mass is 9.98. The average Bonchev–Trinajstić information content (AvgIpc) is 2.81. The molecule has 1 unspecified atom stereocenters. The maximum Gasteiger partial charge on any atom is 0.230 e. The third kappa shape index (κ3) is 1.88. The van der Waals surface area contributed by atoms with Crippen LogP contribution >= 0.6 is 0 Å². The number of hydrogen-bond donors (Lipinski definition) is 1. The Morgan fingerprint density at radius 2 is 2.22 bits per heavy atom. The molecule has 0 bridgehead atoms. The molecule has 18 heavy (non-hydrogen) atoms. The van der Waals surface area contributed by atoms with E-state index >= 15 is 0 Å². The van der Waals surface area contributed by atoms with Crippen LogP contribution in [0.5, 0.6) is 5.75 Å². The lowest BCUT2D eigenvalue weighted by molar-refractivity contribution is 0.412. The molecule has 1 aliphatic rings. The fraction of sp³-hybridized carbons (Fsp3) is 0.357. The van der Waals surface area contributed by atoms with Crippen LogP contribution < -0.4 is 10.5 Å². The van der Waals surface area contributed by atoms with Crippen molar-refractivity contribution < 1.29 is 9.15 Å². The number of benzene rings is 1. The van der Waals surface area contributed by atoms with E-state index in [0.717, 1.165) is 42.0 Å². The lowest BCUT2D eigenvalue weighted by Crippen LogP contribution is -2.27. The Bertz CT molecular complexity index is 563. The minimum atomic E-state index is 0.202. The molecular formula is C14H16N2O2. The fourth-order valence-corrected chi connectivity index (χ4v) is 2.34. The number of nitrogens with two attached hydrogens (primary N) is 1. The molecule has 3 rings (SSSR count). The van der Waals surface area contributed by atoms with E-state index in [1.807, 2.05) is 24.3 Å². The van der Waals surface area contributed by atoms with Gasteiger partial charge in [0.05, 0.1) is 18.4 Å². The number of fused-ring (bicyclic) bond motifs is 1. The van der Waals surface area contributed by atoms with Gasteiger partial charge in [-0.15, -0.1) is 0 Å². The first-order chi connectivity index (χ1) is 8.78. The van der Waals surface area contributed by atoms with Crippen LogP contribution in [0.15, 0.2) is 28.7 Å². The number of aromatic nitrogens is 1. The van der Waals surface area contributed by atoms with Crippen molar-refractivity contribution in [2.75, 3.05) is 7.11 Å². The topological polar surface area (TPSA) is 61.3 Å². The maximum atomic E-state index is 5.95. The first-order valence-corrected chi connectivity index (χ1v) is 6.15. The highest BCUT2D eigenvalue weighted by molar-refractivity contribution is 5.63. The van der Waals surface area contributed by atoms with Gasteiger partial charge in [-0.25, -0.2) is 4.98 Å². The molecule has 94 valence electrons. The van der Waals surface area contributed by atoms with Gasteiger partial charge in [0.1, 0.15) is 11.5 Å². The summed E-state index contributed by atoms with van der Waals surface area (Å²) in [5.74, 6) is 2.38. The van der Waals surface area contributed by atoms with Gasteiger partial charge >= 0.3 is 0 Å². The quantitative estimate of drug-likeness (QED) is 0.879. The van der Waals surface area contributed by atoms with Gasteiger partial charge < -0.3 is 14.9 Å². The van der Waals surface area contributed by atoms with Gasteiger partial charge in [-0.05, 0) is 18.6 Å². The summed E-state index contributed by atoms with van der Waals surface area (Å²) in [4.78, 5) is 4.55. The molecule has 4 nitrogen and oxygen atoms in total. The number of methoxy groups -OCH3 is 1. The Morgan fingerprint density at radius 1 is 1.39 bits per heavy atom. The zero-order valence-corrected chi connectivity index (χ0v) is 10.3. The fourth-order valence-electron chi connectivity index (χ4n) is 2.34. The van der Waals surface area contributed by atoms with Crippen LogP contribution in [0.1, 0.15) is 17.9 Å². The van der Waals surface area contributed by atoms with Gasteiger partial charge in [-0.3, -0.25) is 0 Å². The van der Waals surface area contributed by atoms with Gasteiger partial charge in [0.15, 0.2) is 0 Å². The summed E-state index contributed by atoms with van der Waals surface area (Å²) in [5.41, 5.74) is 7.83. The van der Waals surface area contributed by atoms with Crippen molar-refractivity contribution in [3.05, 3.63) is 35.7 Å². The summed E-state index contributed by atoms with van der Waals surface area (Å²) in [6.45, 7) is 0. The molecule has 0 amide bonds. The molecule has 0 fully saturated rings. The molecule has 1 aromatic carbocycles. The predicted molar refractivity (Wildman–Crippen MR) is 68.5 cm³/mol. The summed E-state index contributed by atoms with van der Waals surface area (Å²) in [6, 6.07) is 7.95. The van der Waals surface area contributed by atoms with Crippen molar-refractivity contribution in [2.24, 2.45) is 5.73 Å². The Morgan fingerprint density at radius 3 is 3.06 bits per heavy atom. The number of ether oxygens (including phenoxy) is 1. The van der Waals surface area contributed by atoms with Crippen LogP contribution in [0, 0.1) is 0 Å². The summed E-state index contributed by atoms with van der Waals surface area (Å²) in [6.07, 6.45) is 2.64. The Labute approximate surface area is 106 Å². The zero-order valence-electron chi connectivity index (χ0n) is 10.3. The van der Waals surface area contributed by atoms with Crippen molar-refractivity contribution in [3.63, 3.8) is 0 Å². The standard InChI is InChI=1S/C14H16N2O2/c1-17-12-5-3-2-4-10(12)14-16-11-8-9(15)6-7-13(11)18-14/h2-5,9H,6-8,15H2,1H3. The highest BCUT2D eigenvalue weighted by atomic mass is 16.5. The predicted octanol–water partition coefficient (Wildman–Crippen LogP) is 2.17. The van der Waals surface area contributed by atoms with Gasteiger partial charge in [0.2, 0.25) is 5.89 Å². The van der Waals surface area contributed by atoms with Crippen molar-refractivity contribution in [1.82, 2.24) is 4.98 Å². The smallest absolute Gasteiger partial charge is 0.230 e. The first-order valence-electron chi connectivity index (χ1n) is 6.15. The second kappa shape index (κ2) is 4.46. The molecule has 2 N–H and O–H groups in total. The zero-order chi connectivity index (χ0) is 12.5. The summed E-state index contributed by atoms with van der Waals surface area (Å²) in [5, 5.41) is 0. The van der Waals surface area contributed by atoms with Gasteiger partial charge in [-0.2, -0.15) is 0 Å². The number of rotatable bonds is 2. The largest absolute Gasteiger partial charge is 0.496 e. The Balaban J connectivity index is 2.02. The van der Waals surface area contributed by atoms with Crippen molar-refractivity contribution in [2.45, 2.75) is 25.3 Å². The van der Waals surface area contributed by atoms with Crippen molar-refractivity contribution >= 4 is 0 Å². The molecule has 1 aliphatic carbocycles. The second-order valence-electron chi connectivity index (χ2n) is 4.59. The molecule has 1 atom stereocenters. The van der Waals surface area contributed by atoms with Crippen LogP contribution in [-0.2, 0) is 12.8 Å². The average molecular weight is 244 g/mol. The molecule has 1 heterocycles. The van der Waals surface area contributed by atoms with Crippen LogP contribution in [0.25, 0.3) is 11.5 Å². The lowest BCUT2D eigenvalue weighted by Gasteiger charge is -2.14. The number of hydrogen-bond acceptors (Lipinski definition) is 4. The molecular weight excluding hydrogens is 228 g/mol. The molecule has 0 saturated heterocycles. The van der Waals surface area contributed by atoms with Crippen molar-refractivity contribution in [3.8, 4) is 17.2 Å². The van der Waals surface area contributed by atoms with Crippen molar-refractivity contribution in [1.29, 1.82) is 0 Å². The van der Waals surface area contributed by atoms with E-state index in [2.05, 4.69) is 4.98 Å². The molecule has 0 saturated carbocycles. The molecule has 4 heteroatoms. The van der Waals surface area contributed by atoms with E-state index in [1.54, 1.807) is 7.11 Å². The van der Waals surface area contributed by atoms with Gasteiger partial charge in [-0.1, -0.05) is 12.1 Å². The van der Waals surface area contributed by atoms with E-state index in [-0.39, 0.29) is 6.04 Å². The van der Waals surface area contributed by atoms with E-state index in [0.29, 0.717) is 5.89 Å². The molecule has 2 aromatic rings. The highest BCUT2D eigenvalue weighted by Crippen LogP contribution is 2.32. The highest BCUT2D eigenvalue weighted by Gasteiger charge is 2.23. The summed E-state index contributed by atoms with van der Waals surface area (Å²) >= 11 is 0. The van der Waals surface area contributed by atoms with Crippen LogP contribution in [0.4, 0.5) is 0 Å².